The van der Waals surface area contributed by atoms with Crippen molar-refractivity contribution in [3.05, 3.63) is 60.5 Å². The first-order valence-corrected chi connectivity index (χ1v) is 12.6. The average molecular weight is 495 g/mol. The highest BCUT2D eigenvalue weighted by atomic mass is 32.1. The van der Waals surface area contributed by atoms with Crippen LogP contribution < -0.4 is 5.32 Å². The van der Waals surface area contributed by atoms with Crippen molar-refractivity contribution < 1.29 is 4.79 Å². The molecular weight excluding hydrogens is 472 g/mol. The lowest BCUT2D eigenvalue weighted by Crippen LogP contribution is -2.11. The fourth-order valence-electron chi connectivity index (χ4n) is 4.12. The molecule has 36 heavy (non-hydrogen) atoms. The van der Waals surface area contributed by atoms with Crippen molar-refractivity contribution >= 4 is 45.0 Å². The second-order valence-corrected chi connectivity index (χ2v) is 9.37. The predicted octanol–water partition coefficient (Wildman–Crippen LogP) is 5.82. The van der Waals surface area contributed by atoms with Crippen LogP contribution in [0.2, 0.25) is 0 Å². The molecule has 3 N–H and O–H groups in total. The number of pyridine rings is 3. The van der Waals surface area contributed by atoms with Gasteiger partial charge in [0.25, 0.3) is 0 Å². The standard InChI is InChI=1S/C26H22N8OS/c1-2-3-6-22(35)30-16-10-15(12-27-13-16)19-11-18-20(14-29-19)33-34-24(18)26-31-23-17(21-5-4-9-36-21)7-8-28-25(23)32-26/h4-5,7-14H,2-3,6H2,1H3,(H,30,35)(H,33,34)(H,28,31,32). The van der Waals surface area contributed by atoms with Gasteiger partial charge in [-0.15, -0.1) is 11.3 Å². The van der Waals surface area contributed by atoms with Gasteiger partial charge >= 0.3 is 0 Å². The van der Waals surface area contributed by atoms with Gasteiger partial charge < -0.3 is 10.3 Å². The van der Waals surface area contributed by atoms with Crippen LogP contribution in [-0.4, -0.2) is 41.0 Å². The fraction of sp³-hybridized carbons (Fsp3) is 0.154. The van der Waals surface area contributed by atoms with Crippen LogP contribution in [0, 0.1) is 0 Å². The van der Waals surface area contributed by atoms with Crippen LogP contribution in [0.15, 0.2) is 60.5 Å². The molecule has 0 fully saturated rings. The number of fused-ring (bicyclic) bond motifs is 2. The number of anilines is 1. The summed E-state index contributed by atoms with van der Waals surface area (Å²) < 4.78 is 0. The van der Waals surface area contributed by atoms with E-state index in [4.69, 9.17) is 4.98 Å². The molecule has 0 saturated carbocycles. The van der Waals surface area contributed by atoms with E-state index in [2.05, 4.69) is 53.8 Å². The molecule has 0 aliphatic carbocycles. The lowest BCUT2D eigenvalue weighted by molar-refractivity contribution is -0.116. The van der Waals surface area contributed by atoms with Gasteiger partial charge in [0, 0.05) is 40.2 Å². The Morgan fingerprint density at radius 1 is 1.14 bits per heavy atom. The summed E-state index contributed by atoms with van der Waals surface area (Å²) in [6.45, 7) is 2.06. The van der Waals surface area contributed by atoms with Crippen LogP contribution in [0.3, 0.4) is 0 Å². The van der Waals surface area contributed by atoms with Crippen molar-refractivity contribution in [3.63, 3.8) is 0 Å². The minimum absolute atomic E-state index is 0.0169. The molecule has 0 spiro atoms. The first-order chi connectivity index (χ1) is 17.7. The van der Waals surface area contributed by atoms with E-state index in [0.29, 0.717) is 29.3 Å². The van der Waals surface area contributed by atoms with Crippen LogP contribution in [0.1, 0.15) is 26.2 Å². The molecule has 10 heteroatoms. The van der Waals surface area contributed by atoms with Gasteiger partial charge in [0.15, 0.2) is 11.5 Å². The Labute approximate surface area is 210 Å². The molecule has 0 aliphatic heterocycles. The van der Waals surface area contributed by atoms with Crippen molar-refractivity contribution in [3.8, 4) is 33.2 Å². The number of nitrogens with zero attached hydrogens (tertiary/aromatic N) is 5. The van der Waals surface area contributed by atoms with Gasteiger partial charge in [0.05, 0.1) is 34.8 Å². The lowest BCUT2D eigenvalue weighted by Gasteiger charge is -2.07. The lowest BCUT2D eigenvalue weighted by atomic mass is 10.1. The zero-order valence-corrected chi connectivity index (χ0v) is 20.3. The maximum atomic E-state index is 12.2. The summed E-state index contributed by atoms with van der Waals surface area (Å²) in [5, 5.41) is 13.4. The molecule has 6 aromatic heterocycles. The van der Waals surface area contributed by atoms with E-state index in [1.54, 1.807) is 36.1 Å². The number of carbonyl (C=O) groups excluding carboxylic acids is 1. The van der Waals surface area contributed by atoms with Crippen LogP contribution in [0.4, 0.5) is 5.69 Å². The van der Waals surface area contributed by atoms with Gasteiger partial charge in [-0.3, -0.25) is 19.9 Å². The highest BCUT2D eigenvalue weighted by Gasteiger charge is 2.17. The Balaban J connectivity index is 1.37. The zero-order valence-electron chi connectivity index (χ0n) is 19.4. The van der Waals surface area contributed by atoms with Gasteiger partial charge in [-0.05, 0) is 36.1 Å². The summed E-state index contributed by atoms with van der Waals surface area (Å²) in [6, 6.07) is 9.93. The zero-order chi connectivity index (χ0) is 24.5. The van der Waals surface area contributed by atoms with Crippen molar-refractivity contribution in [1.82, 2.24) is 35.1 Å². The summed E-state index contributed by atoms with van der Waals surface area (Å²) in [4.78, 5) is 34.8. The molecule has 0 bridgehead atoms. The Hall–Kier alpha value is -4.44. The molecule has 9 nitrogen and oxygen atoms in total. The Bertz CT molecular complexity index is 1690. The molecule has 6 aromatic rings. The number of thiophene rings is 1. The number of hydrogen-bond acceptors (Lipinski definition) is 7. The number of H-pyrrole nitrogens is 2. The van der Waals surface area contributed by atoms with Crippen molar-refractivity contribution in [2.45, 2.75) is 26.2 Å². The van der Waals surface area contributed by atoms with Crippen LogP contribution in [0.5, 0.6) is 0 Å². The normalized spacial score (nSPS) is 11.4. The number of imidazole rings is 1. The van der Waals surface area contributed by atoms with E-state index >= 15 is 0 Å². The van der Waals surface area contributed by atoms with Crippen molar-refractivity contribution in [1.29, 1.82) is 0 Å². The third-order valence-corrected chi connectivity index (χ3v) is 6.83. The van der Waals surface area contributed by atoms with E-state index in [1.165, 1.54) is 0 Å². The predicted molar refractivity (Wildman–Crippen MR) is 141 cm³/mol. The highest BCUT2D eigenvalue weighted by Crippen LogP contribution is 2.33. The number of nitrogens with one attached hydrogen (secondary N) is 3. The molecule has 1 amide bonds. The first-order valence-electron chi connectivity index (χ1n) is 11.7. The third-order valence-electron chi connectivity index (χ3n) is 5.93. The Morgan fingerprint density at radius 2 is 2.08 bits per heavy atom. The van der Waals surface area contributed by atoms with Crippen molar-refractivity contribution in [2.24, 2.45) is 0 Å². The maximum absolute atomic E-state index is 12.2. The minimum atomic E-state index is -0.0169. The van der Waals surface area contributed by atoms with E-state index in [9.17, 15) is 4.79 Å². The van der Waals surface area contributed by atoms with E-state index in [-0.39, 0.29) is 5.91 Å². The fourth-order valence-corrected chi connectivity index (χ4v) is 4.88. The summed E-state index contributed by atoms with van der Waals surface area (Å²) in [5.41, 5.74) is 6.19. The first kappa shape index (κ1) is 22.1. The molecule has 6 rings (SSSR count). The van der Waals surface area contributed by atoms with E-state index in [0.717, 1.165) is 51.0 Å². The van der Waals surface area contributed by atoms with Crippen LogP contribution in [-0.2, 0) is 4.79 Å². The second kappa shape index (κ2) is 9.31. The molecule has 0 saturated heterocycles. The molecule has 0 aliphatic rings. The molecule has 178 valence electrons. The van der Waals surface area contributed by atoms with Crippen LogP contribution >= 0.6 is 11.3 Å². The summed E-state index contributed by atoms with van der Waals surface area (Å²) in [5.74, 6) is 0.608. The number of carbonyl (C=O) groups is 1. The number of aromatic nitrogens is 7. The van der Waals surface area contributed by atoms with E-state index < -0.39 is 0 Å². The highest BCUT2D eigenvalue weighted by molar-refractivity contribution is 7.13. The molecule has 0 radical (unpaired) electrons. The molecule has 0 atom stereocenters. The van der Waals surface area contributed by atoms with Gasteiger partial charge in [-0.2, -0.15) is 5.10 Å². The largest absolute Gasteiger partial charge is 0.335 e. The smallest absolute Gasteiger partial charge is 0.224 e. The Morgan fingerprint density at radius 3 is 2.94 bits per heavy atom. The second-order valence-electron chi connectivity index (χ2n) is 8.42. The van der Waals surface area contributed by atoms with Gasteiger partial charge in [0.2, 0.25) is 5.91 Å². The maximum Gasteiger partial charge on any atom is 0.224 e. The topological polar surface area (TPSA) is 125 Å². The number of hydrogen-bond donors (Lipinski definition) is 3. The van der Waals surface area contributed by atoms with Gasteiger partial charge in [-0.25, -0.2) is 9.97 Å². The average Bonchev–Trinajstić information content (AvgIpc) is 3.66. The van der Waals surface area contributed by atoms with Gasteiger partial charge in [0.1, 0.15) is 5.69 Å². The summed E-state index contributed by atoms with van der Waals surface area (Å²) >= 11 is 1.67. The monoisotopic (exact) mass is 494 g/mol. The molecular formula is C26H22N8OS. The number of rotatable bonds is 7. The number of unbranched alkanes of at least 4 members (excludes halogenated alkanes) is 1. The Kier molecular flexibility index (Phi) is 5.70. The quantitative estimate of drug-likeness (QED) is 0.257. The molecule has 6 heterocycles. The number of amides is 1. The minimum Gasteiger partial charge on any atom is -0.335 e. The summed E-state index contributed by atoms with van der Waals surface area (Å²) in [7, 11) is 0. The van der Waals surface area contributed by atoms with Crippen LogP contribution in [0.25, 0.3) is 55.3 Å². The number of aromatic amines is 2. The van der Waals surface area contributed by atoms with Crippen molar-refractivity contribution in [2.75, 3.05) is 5.32 Å². The van der Waals surface area contributed by atoms with E-state index in [1.807, 2.05) is 24.3 Å². The molecule has 0 unspecified atom stereocenters. The van der Waals surface area contributed by atoms with Gasteiger partial charge in [-0.1, -0.05) is 19.4 Å². The molecule has 0 aromatic carbocycles. The third kappa shape index (κ3) is 4.11. The summed E-state index contributed by atoms with van der Waals surface area (Å²) in [6.07, 6.45) is 9.20. The SMILES string of the molecule is CCCCC(=O)Nc1cncc(-c2cc3c(-c4nc5nccc(-c6cccs6)c5[nH]4)n[nH]c3cn2)c1.